The van der Waals surface area contributed by atoms with Crippen LogP contribution in [0.25, 0.3) is 0 Å². The Morgan fingerprint density at radius 3 is 2.48 bits per heavy atom. The molecule has 4 heteroatoms. The molecule has 23 heavy (non-hydrogen) atoms. The fraction of sp³-hybridized carbons (Fsp3) is 0.316. The van der Waals surface area contributed by atoms with Gasteiger partial charge in [-0.25, -0.2) is 4.79 Å². The molecule has 3 rings (SSSR count). The zero-order valence-corrected chi connectivity index (χ0v) is 13.6. The highest BCUT2D eigenvalue weighted by Gasteiger charge is 2.31. The number of carbonyl (C=O) groups excluding carboxylic acids is 1. The Hall–Kier alpha value is -2.49. The van der Waals surface area contributed by atoms with Gasteiger partial charge in [-0.15, -0.1) is 0 Å². The molecule has 120 valence electrons. The number of hydrogen-bond donors (Lipinski definition) is 1. The zero-order valence-electron chi connectivity index (χ0n) is 13.6. The highest BCUT2D eigenvalue weighted by Crippen LogP contribution is 2.25. The summed E-state index contributed by atoms with van der Waals surface area (Å²) >= 11 is 0. The minimum Gasteiger partial charge on any atom is -0.497 e. The summed E-state index contributed by atoms with van der Waals surface area (Å²) in [5, 5.41) is 2.95. The van der Waals surface area contributed by atoms with Crippen LogP contribution in [0.4, 0.5) is 4.79 Å². The van der Waals surface area contributed by atoms with Gasteiger partial charge in [-0.1, -0.05) is 42.0 Å². The second-order valence-corrected chi connectivity index (χ2v) is 5.90. The molecular formula is C19H22N2O2. The Balaban J connectivity index is 1.68. The SMILES string of the molecule is COc1ccc(CCN2C(=O)NCC2c2ccc(C)cc2)cc1. The van der Waals surface area contributed by atoms with E-state index in [2.05, 4.69) is 36.5 Å². The standard InChI is InChI=1S/C19H22N2O2/c1-14-3-7-16(8-4-14)18-13-20-19(22)21(18)12-11-15-5-9-17(23-2)10-6-15/h3-10,18H,11-13H2,1-2H3,(H,20,22). The number of hydrogen-bond acceptors (Lipinski definition) is 2. The van der Waals surface area contributed by atoms with Gasteiger partial charge in [-0.3, -0.25) is 0 Å². The molecule has 0 saturated carbocycles. The van der Waals surface area contributed by atoms with Gasteiger partial charge in [0, 0.05) is 13.1 Å². The van der Waals surface area contributed by atoms with Crippen molar-refractivity contribution in [1.29, 1.82) is 0 Å². The Labute approximate surface area is 137 Å². The molecule has 0 aliphatic carbocycles. The first-order valence-electron chi connectivity index (χ1n) is 7.91. The third kappa shape index (κ3) is 3.47. The summed E-state index contributed by atoms with van der Waals surface area (Å²) in [6.45, 7) is 3.45. The molecule has 1 unspecified atom stereocenters. The third-order valence-electron chi connectivity index (χ3n) is 4.35. The van der Waals surface area contributed by atoms with E-state index >= 15 is 0 Å². The Morgan fingerprint density at radius 1 is 1.13 bits per heavy atom. The van der Waals surface area contributed by atoms with Crippen molar-refractivity contribution in [3.63, 3.8) is 0 Å². The fourth-order valence-corrected chi connectivity index (χ4v) is 2.92. The van der Waals surface area contributed by atoms with E-state index in [-0.39, 0.29) is 12.1 Å². The van der Waals surface area contributed by atoms with Crippen LogP contribution in [0.1, 0.15) is 22.7 Å². The summed E-state index contributed by atoms with van der Waals surface area (Å²) in [4.78, 5) is 14.1. The third-order valence-corrected chi connectivity index (χ3v) is 4.35. The lowest BCUT2D eigenvalue weighted by molar-refractivity contribution is 0.205. The van der Waals surface area contributed by atoms with Crippen molar-refractivity contribution >= 4 is 6.03 Å². The van der Waals surface area contributed by atoms with E-state index in [0.717, 1.165) is 12.2 Å². The number of rotatable bonds is 5. The Bertz CT molecular complexity index is 665. The number of ether oxygens (including phenoxy) is 1. The van der Waals surface area contributed by atoms with E-state index < -0.39 is 0 Å². The number of amides is 2. The monoisotopic (exact) mass is 310 g/mol. The second-order valence-electron chi connectivity index (χ2n) is 5.90. The summed E-state index contributed by atoms with van der Waals surface area (Å²) in [6.07, 6.45) is 0.833. The van der Waals surface area contributed by atoms with Crippen LogP contribution in [0.15, 0.2) is 48.5 Å². The van der Waals surface area contributed by atoms with E-state index in [0.29, 0.717) is 13.1 Å². The van der Waals surface area contributed by atoms with Gasteiger partial charge in [0.25, 0.3) is 0 Å². The van der Waals surface area contributed by atoms with Crippen LogP contribution in [-0.4, -0.2) is 31.1 Å². The molecule has 2 aromatic carbocycles. The molecule has 0 aromatic heterocycles. The first-order chi connectivity index (χ1) is 11.2. The predicted octanol–water partition coefficient (Wildman–Crippen LogP) is 3.31. The van der Waals surface area contributed by atoms with E-state index in [9.17, 15) is 4.79 Å². The molecule has 4 nitrogen and oxygen atoms in total. The van der Waals surface area contributed by atoms with Crippen LogP contribution in [0.3, 0.4) is 0 Å². The molecular weight excluding hydrogens is 288 g/mol. The molecule has 0 bridgehead atoms. The molecule has 2 amide bonds. The highest BCUT2D eigenvalue weighted by atomic mass is 16.5. The van der Waals surface area contributed by atoms with Crippen LogP contribution < -0.4 is 10.1 Å². The maximum Gasteiger partial charge on any atom is 0.318 e. The van der Waals surface area contributed by atoms with Gasteiger partial charge < -0.3 is 15.0 Å². The topological polar surface area (TPSA) is 41.6 Å². The normalized spacial score (nSPS) is 17.2. The van der Waals surface area contributed by atoms with Gasteiger partial charge in [0.2, 0.25) is 0 Å². The molecule has 1 aliphatic heterocycles. The van der Waals surface area contributed by atoms with Crippen molar-refractivity contribution < 1.29 is 9.53 Å². The quantitative estimate of drug-likeness (QED) is 0.920. The summed E-state index contributed by atoms with van der Waals surface area (Å²) in [7, 11) is 1.66. The van der Waals surface area contributed by atoms with Gasteiger partial charge in [0.1, 0.15) is 5.75 Å². The molecule has 1 heterocycles. The zero-order chi connectivity index (χ0) is 16.2. The van der Waals surface area contributed by atoms with Crippen LogP contribution in [0.5, 0.6) is 5.75 Å². The lowest BCUT2D eigenvalue weighted by Crippen LogP contribution is -2.31. The largest absolute Gasteiger partial charge is 0.497 e. The number of benzene rings is 2. The van der Waals surface area contributed by atoms with Crippen LogP contribution in [0.2, 0.25) is 0 Å². The molecule has 0 radical (unpaired) electrons. The molecule has 1 N–H and O–H groups in total. The first-order valence-corrected chi connectivity index (χ1v) is 7.91. The van der Waals surface area contributed by atoms with Crippen LogP contribution >= 0.6 is 0 Å². The van der Waals surface area contributed by atoms with Crippen molar-refractivity contribution in [2.75, 3.05) is 20.2 Å². The molecule has 1 fully saturated rings. The van der Waals surface area contributed by atoms with Gasteiger partial charge >= 0.3 is 6.03 Å². The van der Waals surface area contributed by atoms with Crippen LogP contribution in [-0.2, 0) is 6.42 Å². The highest BCUT2D eigenvalue weighted by molar-refractivity contribution is 5.77. The van der Waals surface area contributed by atoms with E-state index in [4.69, 9.17) is 4.74 Å². The Morgan fingerprint density at radius 2 is 1.83 bits per heavy atom. The van der Waals surface area contributed by atoms with Gasteiger partial charge in [-0.2, -0.15) is 0 Å². The molecule has 1 atom stereocenters. The fourth-order valence-electron chi connectivity index (χ4n) is 2.92. The minimum absolute atomic E-state index is 0.0177. The summed E-state index contributed by atoms with van der Waals surface area (Å²) in [6, 6.07) is 16.6. The van der Waals surface area contributed by atoms with Gasteiger partial charge in [0.15, 0.2) is 0 Å². The second kappa shape index (κ2) is 6.73. The number of carbonyl (C=O) groups is 1. The molecule has 0 spiro atoms. The predicted molar refractivity (Wildman–Crippen MR) is 90.7 cm³/mol. The van der Waals surface area contributed by atoms with Gasteiger partial charge in [-0.05, 0) is 36.6 Å². The van der Waals surface area contributed by atoms with Crippen molar-refractivity contribution in [2.24, 2.45) is 0 Å². The minimum atomic E-state index is 0.0177. The first kappa shape index (κ1) is 15.4. The van der Waals surface area contributed by atoms with E-state index in [1.807, 2.05) is 29.2 Å². The number of nitrogens with one attached hydrogen (secondary N) is 1. The smallest absolute Gasteiger partial charge is 0.318 e. The number of aryl methyl sites for hydroxylation is 1. The molecule has 2 aromatic rings. The van der Waals surface area contributed by atoms with Crippen molar-refractivity contribution in [3.05, 3.63) is 65.2 Å². The average Bonchev–Trinajstić information content (AvgIpc) is 2.95. The van der Waals surface area contributed by atoms with E-state index in [1.54, 1.807) is 7.11 Å². The number of nitrogens with zero attached hydrogens (tertiary/aromatic N) is 1. The number of urea groups is 1. The lowest BCUT2D eigenvalue weighted by Gasteiger charge is -2.23. The van der Waals surface area contributed by atoms with Crippen molar-refractivity contribution in [2.45, 2.75) is 19.4 Å². The van der Waals surface area contributed by atoms with Crippen molar-refractivity contribution in [1.82, 2.24) is 10.2 Å². The van der Waals surface area contributed by atoms with E-state index in [1.165, 1.54) is 16.7 Å². The summed E-state index contributed by atoms with van der Waals surface area (Å²) < 4.78 is 5.17. The molecule has 1 aliphatic rings. The molecule has 1 saturated heterocycles. The average molecular weight is 310 g/mol. The number of methoxy groups -OCH3 is 1. The summed E-state index contributed by atoms with van der Waals surface area (Å²) in [5.74, 6) is 0.852. The lowest BCUT2D eigenvalue weighted by atomic mass is 10.0. The maximum atomic E-state index is 12.1. The van der Waals surface area contributed by atoms with Crippen LogP contribution in [0, 0.1) is 6.92 Å². The Kier molecular flexibility index (Phi) is 4.51. The van der Waals surface area contributed by atoms with Gasteiger partial charge in [0.05, 0.1) is 13.2 Å². The van der Waals surface area contributed by atoms with Crippen molar-refractivity contribution in [3.8, 4) is 5.75 Å². The maximum absolute atomic E-state index is 12.1. The summed E-state index contributed by atoms with van der Waals surface area (Å²) in [5.41, 5.74) is 3.62.